The summed E-state index contributed by atoms with van der Waals surface area (Å²) in [6, 6.07) is 7.99. The minimum atomic E-state index is 0.490. The molecule has 0 aliphatic heterocycles. The molecule has 1 aromatic carbocycles. The quantitative estimate of drug-likeness (QED) is 0.725. The molecule has 0 aliphatic rings. The minimum Gasteiger partial charge on any atom is -0.489 e. The zero-order valence-electron chi connectivity index (χ0n) is 9.99. The van der Waals surface area contributed by atoms with Gasteiger partial charge in [0.25, 0.3) is 0 Å². The van der Waals surface area contributed by atoms with Gasteiger partial charge >= 0.3 is 0 Å². The van der Waals surface area contributed by atoms with E-state index in [0.29, 0.717) is 6.61 Å². The molecule has 0 aromatic heterocycles. The third kappa shape index (κ3) is 6.31. The van der Waals surface area contributed by atoms with Crippen molar-refractivity contribution in [2.45, 2.75) is 6.54 Å². The van der Waals surface area contributed by atoms with Crippen LogP contribution in [0.4, 0.5) is 0 Å². The molecule has 0 aliphatic carbocycles. The maximum atomic E-state index is 5.49. The Kier molecular flexibility index (Phi) is 7.47. The fraction of sp³-hybridized carbons (Fsp3) is 0.385. The van der Waals surface area contributed by atoms with Gasteiger partial charge in [0.1, 0.15) is 12.4 Å². The highest BCUT2D eigenvalue weighted by molar-refractivity contribution is 6.25. The Morgan fingerprint density at radius 2 is 2.29 bits per heavy atom. The highest BCUT2D eigenvalue weighted by atomic mass is 35.5. The third-order valence-corrected chi connectivity index (χ3v) is 2.32. The van der Waals surface area contributed by atoms with Crippen LogP contribution < -0.4 is 10.1 Å². The standard InChI is InChI=1S/C13H18ClNO2/c1-16-9-7-15-11-12-4-2-5-13(10-12)17-8-3-6-14/h2-6,10,15H,7-9,11H2,1H3. The lowest BCUT2D eigenvalue weighted by Crippen LogP contribution is -2.18. The molecule has 0 spiro atoms. The first-order valence-electron chi connectivity index (χ1n) is 5.53. The molecule has 4 heteroatoms. The fourth-order valence-electron chi connectivity index (χ4n) is 1.33. The molecule has 94 valence electrons. The van der Waals surface area contributed by atoms with Crippen LogP contribution in [0, 0.1) is 0 Å². The van der Waals surface area contributed by atoms with E-state index >= 15 is 0 Å². The summed E-state index contributed by atoms with van der Waals surface area (Å²) < 4.78 is 10.5. The van der Waals surface area contributed by atoms with Crippen molar-refractivity contribution in [2.75, 3.05) is 26.9 Å². The molecule has 0 atom stereocenters. The molecule has 1 aromatic rings. The number of halogens is 1. The van der Waals surface area contributed by atoms with Crippen molar-refractivity contribution in [1.29, 1.82) is 0 Å². The van der Waals surface area contributed by atoms with E-state index < -0.39 is 0 Å². The Hall–Kier alpha value is -1.03. The molecule has 0 amide bonds. The Morgan fingerprint density at radius 1 is 1.41 bits per heavy atom. The number of methoxy groups -OCH3 is 1. The van der Waals surface area contributed by atoms with Crippen molar-refractivity contribution < 1.29 is 9.47 Å². The molecule has 0 heterocycles. The SMILES string of the molecule is COCCNCc1cccc(OCC=CCl)c1. The van der Waals surface area contributed by atoms with E-state index in [2.05, 4.69) is 11.4 Å². The molecule has 17 heavy (non-hydrogen) atoms. The molecular weight excluding hydrogens is 238 g/mol. The minimum absolute atomic E-state index is 0.490. The van der Waals surface area contributed by atoms with E-state index in [-0.39, 0.29) is 0 Å². The van der Waals surface area contributed by atoms with Crippen LogP contribution in [0.25, 0.3) is 0 Å². The monoisotopic (exact) mass is 255 g/mol. The first kappa shape index (κ1) is 14.0. The zero-order valence-corrected chi connectivity index (χ0v) is 10.7. The molecule has 0 fully saturated rings. The largest absolute Gasteiger partial charge is 0.489 e. The van der Waals surface area contributed by atoms with Gasteiger partial charge in [0.2, 0.25) is 0 Å². The van der Waals surface area contributed by atoms with E-state index in [1.165, 1.54) is 11.1 Å². The Labute approximate surface area is 107 Å². The second-order valence-electron chi connectivity index (χ2n) is 3.49. The Morgan fingerprint density at radius 3 is 3.06 bits per heavy atom. The summed E-state index contributed by atoms with van der Waals surface area (Å²) >= 11 is 5.41. The second-order valence-corrected chi connectivity index (χ2v) is 3.74. The van der Waals surface area contributed by atoms with Gasteiger partial charge in [0.15, 0.2) is 0 Å². The molecule has 0 bridgehead atoms. The zero-order chi connectivity index (χ0) is 12.3. The maximum absolute atomic E-state index is 5.49. The molecule has 0 unspecified atom stereocenters. The smallest absolute Gasteiger partial charge is 0.120 e. The van der Waals surface area contributed by atoms with Crippen molar-refractivity contribution in [1.82, 2.24) is 5.32 Å². The van der Waals surface area contributed by atoms with Crippen molar-refractivity contribution >= 4 is 11.6 Å². The summed E-state index contributed by atoms with van der Waals surface area (Å²) in [6.45, 7) is 2.86. The van der Waals surface area contributed by atoms with Crippen LogP contribution in [0.3, 0.4) is 0 Å². The number of hydrogen-bond donors (Lipinski definition) is 1. The number of hydrogen-bond acceptors (Lipinski definition) is 3. The van der Waals surface area contributed by atoms with Gasteiger partial charge in [-0.15, -0.1) is 0 Å². The van der Waals surface area contributed by atoms with Crippen molar-refractivity contribution in [2.24, 2.45) is 0 Å². The second kappa shape index (κ2) is 9.05. The summed E-state index contributed by atoms with van der Waals surface area (Å²) in [5.74, 6) is 0.853. The van der Waals surface area contributed by atoms with Crippen LogP contribution in [0.15, 0.2) is 35.9 Å². The van der Waals surface area contributed by atoms with Crippen LogP contribution in [0.1, 0.15) is 5.56 Å². The van der Waals surface area contributed by atoms with E-state index in [4.69, 9.17) is 21.1 Å². The average molecular weight is 256 g/mol. The van der Waals surface area contributed by atoms with E-state index in [9.17, 15) is 0 Å². The van der Waals surface area contributed by atoms with Crippen molar-refractivity contribution in [3.05, 3.63) is 41.4 Å². The molecule has 0 radical (unpaired) electrons. The lowest BCUT2D eigenvalue weighted by Gasteiger charge is -2.07. The van der Waals surface area contributed by atoms with Crippen LogP contribution in [-0.2, 0) is 11.3 Å². The summed E-state index contributed by atoms with van der Waals surface area (Å²) in [5, 5.41) is 3.28. The Bertz CT molecular complexity index is 342. The van der Waals surface area contributed by atoms with Gasteiger partial charge in [-0.2, -0.15) is 0 Å². The van der Waals surface area contributed by atoms with Crippen LogP contribution >= 0.6 is 11.6 Å². The molecule has 0 saturated heterocycles. The Balaban J connectivity index is 2.36. The fourth-order valence-corrected chi connectivity index (χ4v) is 1.41. The highest BCUT2D eigenvalue weighted by Crippen LogP contribution is 2.13. The van der Waals surface area contributed by atoms with E-state index in [1.54, 1.807) is 13.2 Å². The molecule has 0 saturated carbocycles. The summed E-state index contributed by atoms with van der Waals surface area (Å²) in [7, 11) is 1.69. The van der Waals surface area contributed by atoms with Gasteiger partial charge in [-0.05, 0) is 23.8 Å². The lowest BCUT2D eigenvalue weighted by atomic mass is 10.2. The lowest BCUT2D eigenvalue weighted by molar-refractivity contribution is 0.199. The first-order chi connectivity index (χ1) is 8.36. The topological polar surface area (TPSA) is 30.5 Å². The third-order valence-electron chi connectivity index (χ3n) is 2.15. The van der Waals surface area contributed by atoms with Gasteiger partial charge in [0.05, 0.1) is 6.61 Å². The first-order valence-corrected chi connectivity index (χ1v) is 5.97. The number of rotatable bonds is 8. The molecular formula is C13H18ClNO2. The van der Waals surface area contributed by atoms with Gasteiger partial charge < -0.3 is 14.8 Å². The summed E-state index contributed by atoms with van der Waals surface area (Å²) in [5.41, 5.74) is 2.64. The van der Waals surface area contributed by atoms with Crippen LogP contribution in [-0.4, -0.2) is 26.9 Å². The molecule has 1 rings (SSSR count). The van der Waals surface area contributed by atoms with Crippen LogP contribution in [0.5, 0.6) is 5.75 Å². The molecule has 3 nitrogen and oxygen atoms in total. The van der Waals surface area contributed by atoms with Crippen molar-refractivity contribution in [3.8, 4) is 5.75 Å². The van der Waals surface area contributed by atoms with Crippen molar-refractivity contribution in [3.63, 3.8) is 0 Å². The van der Waals surface area contributed by atoms with E-state index in [0.717, 1.165) is 25.4 Å². The van der Waals surface area contributed by atoms with Gasteiger partial charge in [-0.3, -0.25) is 0 Å². The van der Waals surface area contributed by atoms with Crippen LogP contribution in [0.2, 0.25) is 0 Å². The van der Waals surface area contributed by atoms with E-state index in [1.807, 2.05) is 18.2 Å². The summed E-state index contributed by atoms with van der Waals surface area (Å²) in [6.07, 6.45) is 1.76. The summed E-state index contributed by atoms with van der Waals surface area (Å²) in [4.78, 5) is 0. The number of nitrogens with one attached hydrogen (secondary N) is 1. The highest BCUT2D eigenvalue weighted by Gasteiger charge is 1.96. The number of ether oxygens (including phenoxy) is 2. The van der Waals surface area contributed by atoms with Gasteiger partial charge in [-0.1, -0.05) is 23.7 Å². The molecule has 1 N–H and O–H groups in total. The normalized spacial score (nSPS) is 10.9. The predicted molar refractivity (Wildman–Crippen MR) is 70.5 cm³/mol. The van der Waals surface area contributed by atoms with Gasteiger partial charge in [0, 0.05) is 25.7 Å². The maximum Gasteiger partial charge on any atom is 0.120 e. The average Bonchev–Trinajstić information content (AvgIpc) is 2.36. The number of benzene rings is 1. The predicted octanol–water partition coefficient (Wildman–Crippen LogP) is 2.55. The van der Waals surface area contributed by atoms with Gasteiger partial charge in [-0.25, -0.2) is 0 Å².